The highest BCUT2D eigenvalue weighted by atomic mass is 16.5. The fourth-order valence-electron chi connectivity index (χ4n) is 3.92. The van der Waals surface area contributed by atoms with E-state index in [9.17, 15) is 4.79 Å². The van der Waals surface area contributed by atoms with E-state index >= 15 is 0 Å². The van der Waals surface area contributed by atoms with Gasteiger partial charge in [-0.05, 0) is 25.0 Å². The molecule has 0 saturated carbocycles. The molecule has 8 heteroatoms. The van der Waals surface area contributed by atoms with Gasteiger partial charge in [0, 0.05) is 39.1 Å². The molecular formula is C19H26N6O2. The second kappa shape index (κ2) is 7.28. The number of amides is 1. The van der Waals surface area contributed by atoms with Crippen LogP contribution in [0, 0.1) is 0 Å². The number of piperidine rings is 1. The van der Waals surface area contributed by atoms with E-state index in [2.05, 4.69) is 19.4 Å². The summed E-state index contributed by atoms with van der Waals surface area (Å²) in [4.78, 5) is 25.7. The zero-order valence-corrected chi connectivity index (χ0v) is 15.7. The third kappa shape index (κ3) is 3.81. The zero-order valence-electron chi connectivity index (χ0n) is 15.7. The Labute approximate surface area is 158 Å². The Kier molecular flexibility index (Phi) is 4.84. The lowest BCUT2D eigenvalue weighted by Gasteiger charge is -2.47. The average Bonchev–Trinajstić information content (AvgIpc) is 3.08. The van der Waals surface area contributed by atoms with Gasteiger partial charge in [-0.3, -0.25) is 9.69 Å². The molecule has 0 atom stereocenters. The monoisotopic (exact) mass is 370 g/mol. The molecule has 1 spiro atoms. The highest BCUT2D eigenvalue weighted by molar-refractivity contribution is 5.92. The number of nitrogens with two attached hydrogens (primary N) is 1. The Morgan fingerprint density at radius 3 is 2.81 bits per heavy atom. The topological polar surface area (TPSA) is 89.5 Å². The van der Waals surface area contributed by atoms with Crippen LogP contribution in [0.4, 0.5) is 5.82 Å². The quantitative estimate of drug-likeness (QED) is 0.864. The third-order valence-electron chi connectivity index (χ3n) is 5.58. The van der Waals surface area contributed by atoms with Gasteiger partial charge in [0.25, 0.3) is 5.91 Å². The van der Waals surface area contributed by atoms with Gasteiger partial charge in [-0.15, -0.1) is 0 Å². The lowest BCUT2D eigenvalue weighted by atomic mass is 9.89. The molecule has 144 valence electrons. The first kappa shape index (κ1) is 17.9. The van der Waals surface area contributed by atoms with Crippen molar-refractivity contribution < 1.29 is 9.53 Å². The lowest BCUT2D eigenvalue weighted by Crippen LogP contribution is -2.58. The number of nitrogens with zero attached hydrogens (tertiary/aromatic N) is 5. The molecule has 4 rings (SSSR count). The summed E-state index contributed by atoms with van der Waals surface area (Å²) in [6.45, 7) is 4.48. The van der Waals surface area contributed by atoms with E-state index < -0.39 is 0 Å². The number of imidazole rings is 1. The molecule has 1 amide bonds. The fraction of sp³-hybridized carbons (Fsp3) is 0.526. The first-order valence-electron chi connectivity index (χ1n) is 9.39. The largest absolute Gasteiger partial charge is 0.384 e. The van der Waals surface area contributed by atoms with Gasteiger partial charge >= 0.3 is 0 Å². The average molecular weight is 370 g/mol. The highest BCUT2D eigenvalue weighted by Gasteiger charge is 2.41. The number of likely N-dealkylation sites (tertiary alicyclic amines) is 1. The van der Waals surface area contributed by atoms with Crippen LogP contribution in [0.15, 0.2) is 30.6 Å². The Morgan fingerprint density at radius 1 is 1.30 bits per heavy atom. The van der Waals surface area contributed by atoms with Gasteiger partial charge in [0.1, 0.15) is 17.3 Å². The number of hydrogen-bond donors (Lipinski definition) is 1. The molecule has 2 aromatic rings. The molecule has 0 bridgehead atoms. The molecule has 2 N–H and O–H groups in total. The standard InChI is InChI=1S/C19H26N6O2/c1-23-10-7-21-17(23)13-24-8-5-19(6-9-24)14-25(11-12-27-19)18(26)15-3-2-4-16(20)22-15/h2-4,7,10H,5-6,8-9,11-14H2,1H3,(H2,20,22). The number of pyridine rings is 1. The Balaban J connectivity index is 1.38. The normalized spacial score (nSPS) is 20.1. The van der Waals surface area contributed by atoms with E-state index in [4.69, 9.17) is 10.5 Å². The van der Waals surface area contributed by atoms with Gasteiger partial charge in [-0.1, -0.05) is 6.07 Å². The van der Waals surface area contributed by atoms with Gasteiger partial charge < -0.3 is 19.9 Å². The molecule has 0 unspecified atom stereocenters. The predicted octanol–water partition coefficient (Wildman–Crippen LogP) is 0.905. The van der Waals surface area contributed by atoms with Crippen molar-refractivity contribution in [1.82, 2.24) is 24.3 Å². The Morgan fingerprint density at radius 2 is 2.11 bits per heavy atom. The molecule has 2 saturated heterocycles. The maximum absolute atomic E-state index is 12.8. The zero-order chi connectivity index (χ0) is 18.9. The van der Waals surface area contributed by atoms with Crippen molar-refractivity contribution in [3.05, 3.63) is 42.1 Å². The summed E-state index contributed by atoms with van der Waals surface area (Å²) in [6, 6.07) is 5.17. The number of hydrogen-bond acceptors (Lipinski definition) is 6. The summed E-state index contributed by atoms with van der Waals surface area (Å²) in [6.07, 6.45) is 5.62. The molecule has 0 aliphatic carbocycles. The van der Waals surface area contributed by atoms with Crippen molar-refractivity contribution >= 4 is 11.7 Å². The molecule has 8 nitrogen and oxygen atoms in total. The van der Waals surface area contributed by atoms with Crippen molar-refractivity contribution in [3.63, 3.8) is 0 Å². The van der Waals surface area contributed by atoms with E-state index in [0.717, 1.165) is 38.3 Å². The van der Waals surface area contributed by atoms with Gasteiger partial charge in [0.15, 0.2) is 0 Å². The minimum Gasteiger partial charge on any atom is -0.384 e. The molecule has 27 heavy (non-hydrogen) atoms. The van der Waals surface area contributed by atoms with Gasteiger partial charge in [0.05, 0.1) is 25.3 Å². The summed E-state index contributed by atoms with van der Waals surface area (Å²) in [5, 5.41) is 0. The van der Waals surface area contributed by atoms with Crippen molar-refractivity contribution in [1.29, 1.82) is 0 Å². The van der Waals surface area contributed by atoms with Gasteiger partial charge in [-0.25, -0.2) is 9.97 Å². The first-order chi connectivity index (χ1) is 13.0. The second-order valence-corrected chi connectivity index (χ2v) is 7.44. The number of ether oxygens (including phenoxy) is 1. The van der Waals surface area contributed by atoms with Gasteiger partial charge in [-0.2, -0.15) is 0 Å². The molecule has 4 heterocycles. The van der Waals surface area contributed by atoms with E-state index in [1.54, 1.807) is 18.2 Å². The van der Waals surface area contributed by atoms with Crippen LogP contribution in [-0.4, -0.2) is 68.6 Å². The number of aryl methyl sites for hydroxylation is 1. The van der Waals surface area contributed by atoms with E-state index in [0.29, 0.717) is 31.2 Å². The minimum absolute atomic E-state index is 0.0691. The van der Waals surface area contributed by atoms with Crippen LogP contribution in [0.2, 0.25) is 0 Å². The molecule has 2 fully saturated rings. The molecule has 0 aromatic carbocycles. The van der Waals surface area contributed by atoms with E-state index in [1.165, 1.54) is 0 Å². The Hall–Kier alpha value is -2.45. The number of carbonyl (C=O) groups is 1. The maximum atomic E-state index is 12.8. The van der Waals surface area contributed by atoms with Crippen molar-refractivity contribution in [2.45, 2.75) is 25.0 Å². The number of morpholine rings is 1. The molecular weight excluding hydrogens is 344 g/mol. The fourth-order valence-corrected chi connectivity index (χ4v) is 3.92. The molecule has 0 radical (unpaired) electrons. The summed E-state index contributed by atoms with van der Waals surface area (Å²) < 4.78 is 8.22. The van der Waals surface area contributed by atoms with Gasteiger partial charge in [0.2, 0.25) is 0 Å². The van der Waals surface area contributed by atoms with Crippen LogP contribution in [0.25, 0.3) is 0 Å². The van der Waals surface area contributed by atoms with E-state index in [-0.39, 0.29) is 11.5 Å². The maximum Gasteiger partial charge on any atom is 0.272 e. The first-order valence-corrected chi connectivity index (χ1v) is 9.39. The van der Waals surface area contributed by atoms with Crippen LogP contribution >= 0.6 is 0 Å². The smallest absolute Gasteiger partial charge is 0.272 e. The van der Waals surface area contributed by atoms with Crippen molar-refractivity contribution in [3.8, 4) is 0 Å². The van der Waals surface area contributed by atoms with Crippen molar-refractivity contribution in [2.75, 3.05) is 38.5 Å². The summed E-state index contributed by atoms with van der Waals surface area (Å²) >= 11 is 0. The predicted molar refractivity (Wildman–Crippen MR) is 101 cm³/mol. The lowest BCUT2D eigenvalue weighted by molar-refractivity contribution is -0.128. The second-order valence-electron chi connectivity index (χ2n) is 7.44. The number of carbonyl (C=O) groups excluding carboxylic acids is 1. The summed E-state index contributed by atoms with van der Waals surface area (Å²) in [5.41, 5.74) is 5.87. The number of rotatable bonds is 3. The highest BCUT2D eigenvalue weighted by Crippen LogP contribution is 2.31. The van der Waals surface area contributed by atoms with Crippen LogP contribution in [0.3, 0.4) is 0 Å². The number of anilines is 1. The minimum atomic E-state index is -0.258. The van der Waals surface area contributed by atoms with E-state index in [1.807, 2.05) is 24.3 Å². The summed E-state index contributed by atoms with van der Waals surface area (Å²) in [5.74, 6) is 1.37. The van der Waals surface area contributed by atoms with Crippen LogP contribution in [-0.2, 0) is 18.3 Å². The molecule has 2 aliphatic rings. The summed E-state index contributed by atoms with van der Waals surface area (Å²) in [7, 11) is 2.02. The van der Waals surface area contributed by atoms with Crippen LogP contribution in [0.5, 0.6) is 0 Å². The Bertz CT molecular complexity index is 812. The third-order valence-corrected chi connectivity index (χ3v) is 5.58. The number of aromatic nitrogens is 3. The van der Waals surface area contributed by atoms with Crippen LogP contribution in [0.1, 0.15) is 29.2 Å². The van der Waals surface area contributed by atoms with Crippen LogP contribution < -0.4 is 5.73 Å². The molecule has 2 aliphatic heterocycles. The number of nitrogen functional groups attached to an aromatic ring is 1. The molecule has 2 aromatic heterocycles. The SMILES string of the molecule is Cn1ccnc1CN1CCC2(CC1)CN(C(=O)c1cccc(N)n1)CCO2. The van der Waals surface area contributed by atoms with Crippen molar-refractivity contribution in [2.24, 2.45) is 7.05 Å².